The Morgan fingerprint density at radius 3 is 3.12 bits per heavy atom. The molecule has 2 aromatic heterocycles. The van der Waals surface area contributed by atoms with Crippen LogP contribution in [-0.2, 0) is 11.8 Å². The van der Waals surface area contributed by atoms with E-state index in [0.717, 1.165) is 0 Å². The Kier molecular flexibility index (Phi) is 5.16. The number of anilines is 2. The van der Waals surface area contributed by atoms with Crippen LogP contribution in [0.3, 0.4) is 0 Å². The SMILES string of the molecule is Cn1ccnc(NCC2CN(c3ncc(C#N)cc3Cl)CCO2)c1=O. The molecule has 0 aromatic carbocycles. The quantitative estimate of drug-likeness (QED) is 0.869. The Balaban J connectivity index is 1.66. The first-order valence-electron chi connectivity index (χ1n) is 7.76. The van der Waals surface area contributed by atoms with E-state index in [2.05, 4.69) is 15.3 Å². The van der Waals surface area contributed by atoms with Crippen LogP contribution in [-0.4, -0.2) is 46.9 Å². The molecule has 1 aliphatic rings. The molecule has 1 aliphatic heterocycles. The summed E-state index contributed by atoms with van der Waals surface area (Å²) in [5, 5.41) is 12.4. The van der Waals surface area contributed by atoms with Gasteiger partial charge in [0.1, 0.15) is 11.9 Å². The highest BCUT2D eigenvalue weighted by molar-refractivity contribution is 6.33. The molecule has 1 atom stereocenters. The number of aryl methyl sites for hydroxylation is 1. The van der Waals surface area contributed by atoms with Crippen molar-refractivity contribution in [1.82, 2.24) is 14.5 Å². The van der Waals surface area contributed by atoms with E-state index in [1.165, 1.54) is 10.8 Å². The fourth-order valence-electron chi connectivity index (χ4n) is 2.59. The molecule has 1 unspecified atom stereocenters. The molecule has 9 heteroatoms. The Morgan fingerprint density at radius 1 is 1.52 bits per heavy atom. The second kappa shape index (κ2) is 7.51. The van der Waals surface area contributed by atoms with Gasteiger partial charge in [0.2, 0.25) is 0 Å². The van der Waals surface area contributed by atoms with Gasteiger partial charge in [0.15, 0.2) is 5.82 Å². The van der Waals surface area contributed by atoms with Gasteiger partial charge in [-0.15, -0.1) is 0 Å². The van der Waals surface area contributed by atoms with E-state index in [1.807, 2.05) is 11.0 Å². The van der Waals surface area contributed by atoms with Gasteiger partial charge in [-0.05, 0) is 6.07 Å². The standard InChI is InChI=1S/C16H17ClN6O2/c1-22-3-2-19-14(16(22)24)20-9-12-10-23(4-5-25-12)15-13(17)6-11(7-18)8-21-15/h2-3,6,8,12H,4-5,9-10H2,1H3,(H,19,20). The van der Waals surface area contributed by atoms with Crippen molar-refractivity contribution < 1.29 is 4.74 Å². The van der Waals surface area contributed by atoms with Crippen LogP contribution in [0.4, 0.5) is 11.6 Å². The first-order valence-corrected chi connectivity index (χ1v) is 8.14. The zero-order valence-corrected chi connectivity index (χ0v) is 14.4. The third-order valence-electron chi connectivity index (χ3n) is 3.90. The number of hydrogen-bond donors (Lipinski definition) is 1. The number of nitrogens with one attached hydrogen (secondary N) is 1. The Morgan fingerprint density at radius 2 is 2.36 bits per heavy atom. The Hall–Kier alpha value is -2.63. The first kappa shape index (κ1) is 17.2. The van der Waals surface area contributed by atoms with Crippen LogP contribution in [0, 0.1) is 11.3 Å². The lowest BCUT2D eigenvalue weighted by Crippen LogP contribution is -2.46. The Labute approximate surface area is 149 Å². The third-order valence-corrected chi connectivity index (χ3v) is 4.18. The van der Waals surface area contributed by atoms with Gasteiger partial charge in [0, 0.05) is 45.3 Å². The van der Waals surface area contributed by atoms with Gasteiger partial charge < -0.3 is 19.5 Å². The number of ether oxygens (including phenoxy) is 1. The van der Waals surface area contributed by atoms with Crippen molar-refractivity contribution in [3.63, 3.8) is 0 Å². The fraction of sp³-hybridized carbons (Fsp3) is 0.375. The molecule has 8 nitrogen and oxygen atoms in total. The number of nitrogens with zero attached hydrogens (tertiary/aromatic N) is 5. The lowest BCUT2D eigenvalue weighted by atomic mass is 10.2. The van der Waals surface area contributed by atoms with E-state index >= 15 is 0 Å². The highest BCUT2D eigenvalue weighted by atomic mass is 35.5. The first-order chi connectivity index (χ1) is 12.1. The third kappa shape index (κ3) is 3.90. The Bertz CT molecular complexity index is 862. The van der Waals surface area contributed by atoms with Crippen molar-refractivity contribution in [2.45, 2.75) is 6.10 Å². The lowest BCUT2D eigenvalue weighted by molar-refractivity contribution is 0.0489. The minimum atomic E-state index is -0.188. The minimum absolute atomic E-state index is 0.144. The molecule has 3 heterocycles. The van der Waals surface area contributed by atoms with Crippen LogP contribution >= 0.6 is 11.6 Å². The van der Waals surface area contributed by atoms with E-state index < -0.39 is 0 Å². The summed E-state index contributed by atoms with van der Waals surface area (Å²) >= 11 is 6.23. The molecular formula is C16H17ClN6O2. The van der Waals surface area contributed by atoms with Crippen LogP contribution in [0.2, 0.25) is 5.02 Å². The predicted molar refractivity (Wildman–Crippen MR) is 93.9 cm³/mol. The van der Waals surface area contributed by atoms with Crippen molar-refractivity contribution in [3.05, 3.63) is 45.6 Å². The molecule has 0 spiro atoms. The van der Waals surface area contributed by atoms with Crippen molar-refractivity contribution in [3.8, 4) is 6.07 Å². The summed E-state index contributed by atoms with van der Waals surface area (Å²) in [6, 6.07) is 3.62. The number of aromatic nitrogens is 3. The van der Waals surface area contributed by atoms with Crippen LogP contribution in [0.25, 0.3) is 0 Å². The van der Waals surface area contributed by atoms with E-state index in [1.54, 1.807) is 25.5 Å². The molecule has 0 amide bonds. The van der Waals surface area contributed by atoms with Crippen LogP contribution in [0.15, 0.2) is 29.5 Å². The van der Waals surface area contributed by atoms with E-state index in [-0.39, 0.29) is 11.7 Å². The van der Waals surface area contributed by atoms with E-state index in [0.29, 0.717) is 48.5 Å². The highest BCUT2D eigenvalue weighted by Crippen LogP contribution is 2.25. The topological polar surface area (TPSA) is 96.1 Å². The van der Waals surface area contributed by atoms with Crippen molar-refractivity contribution in [2.24, 2.45) is 7.05 Å². The maximum atomic E-state index is 12.0. The summed E-state index contributed by atoms with van der Waals surface area (Å²) in [6.07, 6.45) is 4.53. The number of halogens is 1. The second-order valence-electron chi connectivity index (χ2n) is 5.65. The maximum absolute atomic E-state index is 12.0. The van der Waals surface area contributed by atoms with Crippen LogP contribution in [0.1, 0.15) is 5.56 Å². The molecule has 0 aliphatic carbocycles. The van der Waals surface area contributed by atoms with Crippen molar-refractivity contribution in [2.75, 3.05) is 36.5 Å². The molecule has 1 fully saturated rings. The fourth-order valence-corrected chi connectivity index (χ4v) is 2.88. The summed E-state index contributed by atoms with van der Waals surface area (Å²) in [4.78, 5) is 22.3. The zero-order valence-electron chi connectivity index (χ0n) is 13.6. The van der Waals surface area contributed by atoms with Crippen LogP contribution < -0.4 is 15.8 Å². The average molecular weight is 361 g/mol. The summed E-state index contributed by atoms with van der Waals surface area (Å²) in [5.74, 6) is 0.919. The molecule has 0 radical (unpaired) electrons. The molecule has 25 heavy (non-hydrogen) atoms. The van der Waals surface area contributed by atoms with Gasteiger partial charge in [0.05, 0.1) is 23.3 Å². The smallest absolute Gasteiger partial charge is 0.293 e. The number of nitriles is 1. The number of pyridine rings is 1. The highest BCUT2D eigenvalue weighted by Gasteiger charge is 2.23. The minimum Gasteiger partial charge on any atom is -0.373 e. The second-order valence-corrected chi connectivity index (χ2v) is 6.06. The number of rotatable bonds is 4. The van der Waals surface area contributed by atoms with Gasteiger partial charge in [-0.3, -0.25) is 4.79 Å². The van der Waals surface area contributed by atoms with Gasteiger partial charge >= 0.3 is 0 Å². The predicted octanol–water partition coefficient (Wildman–Crippen LogP) is 1.02. The summed E-state index contributed by atoms with van der Waals surface area (Å²) in [6.45, 7) is 2.18. The van der Waals surface area contributed by atoms with Crippen LogP contribution in [0.5, 0.6) is 0 Å². The lowest BCUT2D eigenvalue weighted by Gasteiger charge is -2.34. The maximum Gasteiger partial charge on any atom is 0.293 e. The molecular weight excluding hydrogens is 344 g/mol. The normalized spacial score (nSPS) is 17.2. The molecule has 130 valence electrons. The van der Waals surface area contributed by atoms with Crippen molar-refractivity contribution in [1.29, 1.82) is 5.26 Å². The van der Waals surface area contributed by atoms with E-state index in [9.17, 15) is 4.79 Å². The average Bonchev–Trinajstić information content (AvgIpc) is 2.63. The molecule has 1 N–H and O–H groups in total. The molecule has 0 saturated carbocycles. The zero-order chi connectivity index (χ0) is 17.8. The monoisotopic (exact) mass is 360 g/mol. The molecule has 2 aromatic rings. The van der Waals surface area contributed by atoms with Gasteiger partial charge in [0.25, 0.3) is 5.56 Å². The molecule has 1 saturated heterocycles. The van der Waals surface area contributed by atoms with Crippen molar-refractivity contribution >= 4 is 23.2 Å². The molecule has 0 bridgehead atoms. The summed E-state index contributed by atoms with van der Waals surface area (Å²) in [7, 11) is 1.67. The number of morpholine rings is 1. The summed E-state index contributed by atoms with van der Waals surface area (Å²) < 4.78 is 7.20. The largest absolute Gasteiger partial charge is 0.373 e. The van der Waals surface area contributed by atoms with E-state index in [4.69, 9.17) is 21.6 Å². The summed E-state index contributed by atoms with van der Waals surface area (Å²) in [5.41, 5.74) is 0.234. The van der Waals surface area contributed by atoms with Gasteiger partial charge in [-0.1, -0.05) is 11.6 Å². The van der Waals surface area contributed by atoms with Gasteiger partial charge in [-0.2, -0.15) is 5.26 Å². The molecule has 3 rings (SSSR count). The van der Waals surface area contributed by atoms with Gasteiger partial charge in [-0.25, -0.2) is 9.97 Å². The number of hydrogen-bond acceptors (Lipinski definition) is 7.